The summed E-state index contributed by atoms with van der Waals surface area (Å²) in [6.07, 6.45) is 1.69. The zero-order valence-electron chi connectivity index (χ0n) is 13.3. The lowest BCUT2D eigenvalue weighted by Crippen LogP contribution is -2.34. The summed E-state index contributed by atoms with van der Waals surface area (Å²) in [6, 6.07) is 9.53. The van der Waals surface area contributed by atoms with Gasteiger partial charge in [-0.2, -0.15) is 0 Å². The fourth-order valence-corrected chi connectivity index (χ4v) is 2.84. The Morgan fingerprint density at radius 2 is 1.76 bits per heavy atom. The van der Waals surface area contributed by atoms with E-state index in [4.69, 9.17) is 0 Å². The molecule has 3 nitrogen and oxygen atoms in total. The number of rotatable bonds is 5. The number of pyridine rings is 1. The van der Waals surface area contributed by atoms with Gasteiger partial charge in [0.05, 0.1) is 11.1 Å². The van der Waals surface area contributed by atoms with Crippen molar-refractivity contribution in [3.8, 4) is 0 Å². The first-order chi connectivity index (χ1) is 10.0. The third kappa shape index (κ3) is 3.60. The third-order valence-corrected chi connectivity index (χ3v) is 4.10. The van der Waals surface area contributed by atoms with Crippen molar-refractivity contribution in [1.82, 2.24) is 10.3 Å². The van der Waals surface area contributed by atoms with Gasteiger partial charge in [-0.3, -0.25) is 9.78 Å². The van der Waals surface area contributed by atoms with Gasteiger partial charge in [0.1, 0.15) is 0 Å². The van der Waals surface area contributed by atoms with Gasteiger partial charge < -0.3 is 5.32 Å². The maximum atomic E-state index is 12.5. The summed E-state index contributed by atoms with van der Waals surface area (Å²) in [5, 5.41) is 3.99. The van der Waals surface area contributed by atoms with Crippen LogP contribution in [0.3, 0.4) is 0 Å². The van der Waals surface area contributed by atoms with Gasteiger partial charge in [0.25, 0.3) is 5.91 Å². The number of para-hydroxylation sites is 1. The minimum Gasteiger partial charge on any atom is -0.352 e. The number of carbonyl (C=O) groups is 1. The van der Waals surface area contributed by atoms with E-state index in [-0.39, 0.29) is 5.91 Å². The van der Waals surface area contributed by atoms with E-state index >= 15 is 0 Å². The maximum Gasteiger partial charge on any atom is 0.252 e. The zero-order chi connectivity index (χ0) is 15.4. The average Bonchev–Trinajstić information content (AvgIpc) is 2.46. The highest BCUT2D eigenvalue weighted by molar-refractivity contribution is 6.05. The molecule has 21 heavy (non-hydrogen) atoms. The summed E-state index contributed by atoms with van der Waals surface area (Å²) in [6.45, 7) is 9.54. The van der Waals surface area contributed by atoms with Crippen LogP contribution in [-0.2, 0) is 0 Å². The molecule has 1 N–H and O–H groups in total. The standard InChI is InChI=1S/C18H24N2O/c1-12(2)16(13(3)4)11-20-18(21)15-9-10-19-17-8-6-5-7-14(15)17/h5-10,12-13,16H,11H2,1-4H3,(H,20,21). The molecule has 0 aliphatic heterocycles. The molecule has 2 rings (SSSR count). The minimum absolute atomic E-state index is 0.0140. The van der Waals surface area contributed by atoms with E-state index in [2.05, 4.69) is 38.0 Å². The molecule has 0 bridgehead atoms. The minimum atomic E-state index is -0.0140. The van der Waals surface area contributed by atoms with Crippen LogP contribution in [0.2, 0.25) is 0 Å². The van der Waals surface area contributed by atoms with Crippen LogP contribution in [0.4, 0.5) is 0 Å². The van der Waals surface area contributed by atoms with E-state index in [1.54, 1.807) is 12.3 Å². The molecule has 0 saturated heterocycles. The number of nitrogens with zero attached hydrogens (tertiary/aromatic N) is 1. The lowest BCUT2D eigenvalue weighted by atomic mass is 9.85. The second kappa shape index (κ2) is 6.70. The number of nitrogens with one attached hydrogen (secondary N) is 1. The molecule has 0 radical (unpaired) electrons. The number of fused-ring (bicyclic) bond motifs is 1. The fourth-order valence-electron chi connectivity index (χ4n) is 2.84. The van der Waals surface area contributed by atoms with E-state index in [0.717, 1.165) is 10.9 Å². The Morgan fingerprint density at radius 1 is 1.10 bits per heavy atom. The Bertz CT molecular complexity index is 606. The molecular weight excluding hydrogens is 260 g/mol. The highest BCUT2D eigenvalue weighted by Crippen LogP contribution is 2.20. The Kier molecular flexibility index (Phi) is 4.94. The van der Waals surface area contributed by atoms with E-state index in [1.807, 2.05) is 24.3 Å². The maximum absolute atomic E-state index is 12.5. The highest BCUT2D eigenvalue weighted by atomic mass is 16.1. The second-order valence-corrected chi connectivity index (χ2v) is 6.24. The number of amides is 1. The molecule has 2 aromatic rings. The van der Waals surface area contributed by atoms with Crippen molar-refractivity contribution < 1.29 is 4.79 Å². The van der Waals surface area contributed by atoms with Gasteiger partial charge in [-0.1, -0.05) is 45.9 Å². The molecule has 112 valence electrons. The quantitative estimate of drug-likeness (QED) is 0.905. The van der Waals surface area contributed by atoms with Crippen LogP contribution in [-0.4, -0.2) is 17.4 Å². The second-order valence-electron chi connectivity index (χ2n) is 6.24. The molecule has 1 aromatic carbocycles. The summed E-state index contributed by atoms with van der Waals surface area (Å²) < 4.78 is 0. The molecular formula is C18H24N2O. The van der Waals surface area contributed by atoms with E-state index < -0.39 is 0 Å². The van der Waals surface area contributed by atoms with Crippen LogP contribution in [0.5, 0.6) is 0 Å². The molecule has 1 aromatic heterocycles. The van der Waals surface area contributed by atoms with Crippen molar-refractivity contribution >= 4 is 16.8 Å². The largest absolute Gasteiger partial charge is 0.352 e. The molecule has 0 fully saturated rings. The van der Waals surface area contributed by atoms with Gasteiger partial charge in [-0.25, -0.2) is 0 Å². The number of aromatic nitrogens is 1. The van der Waals surface area contributed by atoms with Gasteiger partial charge in [-0.15, -0.1) is 0 Å². The van der Waals surface area contributed by atoms with Crippen molar-refractivity contribution in [1.29, 1.82) is 0 Å². The molecule has 3 heteroatoms. The predicted molar refractivity (Wildman–Crippen MR) is 87.2 cm³/mol. The summed E-state index contributed by atoms with van der Waals surface area (Å²) in [4.78, 5) is 16.8. The lowest BCUT2D eigenvalue weighted by molar-refractivity contribution is 0.0939. The molecule has 0 spiro atoms. The summed E-state index contributed by atoms with van der Waals surface area (Å²) >= 11 is 0. The Labute approximate surface area is 126 Å². The van der Waals surface area contributed by atoms with Crippen LogP contribution >= 0.6 is 0 Å². The van der Waals surface area contributed by atoms with Gasteiger partial charge in [0.15, 0.2) is 0 Å². The Morgan fingerprint density at radius 3 is 2.43 bits per heavy atom. The summed E-state index contributed by atoms with van der Waals surface area (Å²) in [7, 11) is 0. The van der Waals surface area contributed by atoms with E-state index in [1.165, 1.54) is 0 Å². The summed E-state index contributed by atoms with van der Waals surface area (Å²) in [5.41, 5.74) is 1.56. The molecule has 0 atom stereocenters. The lowest BCUT2D eigenvalue weighted by Gasteiger charge is -2.25. The van der Waals surface area contributed by atoms with Crippen LogP contribution in [0, 0.1) is 17.8 Å². The van der Waals surface area contributed by atoms with Crippen molar-refractivity contribution in [2.24, 2.45) is 17.8 Å². The first-order valence-electron chi connectivity index (χ1n) is 7.62. The molecule has 0 aliphatic carbocycles. The Hall–Kier alpha value is -1.90. The molecule has 0 aliphatic rings. The normalized spacial score (nSPS) is 11.6. The van der Waals surface area contributed by atoms with Gasteiger partial charge in [0.2, 0.25) is 0 Å². The highest BCUT2D eigenvalue weighted by Gasteiger charge is 2.19. The first-order valence-corrected chi connectivity index (χ1v) is 7.62. The van der Waals surface area contributed by atoms with Crippen molar-refractivity contribution in [3.05, 3.63) is 42.1 Å². The zero-order valence-corrected chi connectivity index (χ0v) is 13.3. The predicted octanol–water partition coefficient (Wildman–Crippen LogP) is 3.89. The van der Waals surface area contributed by atoms with Crippen molar-refractivity contribution in [2.75, 3.05) is 6.54 Å². The number of carbonyl (C=O) groups excluding carboxylic acids is 1. The third-order valence-electron chi connectivity index (χ3n) is 4.10. The van der Waals surface area contributed by atoms with E-state index in [9.17, 15) is 4.79 Å². The smallest absolute Gasteiger partial charge is 0.252 e. The van der Waals surface area contributed by atoms with Crippen LogP contribution in [0.1, 0.15) is 38.1 Å². The molecule has 0 unspecified atom stereocenters. The van der Waals surface area contributed by atoms with Crippen LogP contribution in [0.25, 0.3) is 10.9 Å². The first kappa shape index (κ1) is 15.5. The SMILES string of the molecule is CC(C)C(CNC(=O)c1ccnc2ccccc12)C(C)C. The van der Waals surface area contributed by atoms with Gasteiger partial charge in [0, 0.05) is 18.1 Å². The Balaban J connectivity index is 2.16. The topological polar surface area (TPSA) is 42.0 Å². The fraction of sp³-hybridized carbons (Fsp3) is 0.444. The molecule has 1 amide bonds. The number of hydrogen-bond acceptors (Lipinski definition) is 2. The average molecular weight is 284 g/mol. The number of hydrogen-bond donors (Lipinski definition) is 1. The van der Waals surface area contributed by atoms with Crippen LogP contribution in [0.15, 0.2) is 36.5 Å². The summed E-state index contributed by atoms with van der Waals surface area (Å²) in [5.74, 6) is 1.58. The van der Waals surface area contributed by atoms with Crippen molar-refractivity contribution in [2.45, 2.75) is 27.7 Å². The van der Waals surface area contributed by atoms with Gasteiger partial charge in [-0.05, 0) is 29.9 Å². The van der Waals surface area contributed by atoms with Crippen LogP contribution < -0.4 is 5.32 Å². The monoisotopic (exact) mass is 284 g/mol. The molecule has 1 heterocycles. The number of benzene rings is 1. The van der Waals surface area contributed by atoms with E-state index in [0.29, 0.717) is 29.9 Å². The van der Waals surface area contributed by atoms with Crippen molar-refractivity contribution in [3.63, 3.8) is 0 Å². The molecule has 0 saturated carbocycles. The van der Waals surface area contributed by atoms with Gasteiger partial charge >= 0.3 is 0 Å².